The van der Waals surface area contributed by atoms with Crippen molar-refractivity contribution in [3.8, 4) is 16.8 Å². The maximum Gasteiger partial charge on any atom is 0.258 e. The zero-order valence-corrected chi connectivity index (χ0v) is 19.6. The Morgan fingerprint density at radius 3 is 2.60 bits per heavy atom. The van der Waals surface area contributed by atoms with E-state index in [0.717, 1.165) is 35.3 Å². The van der Waals surface area contributed by atoms with E-state index in [0.29, 0.717) is 36.8 Å². The fraction of sp³-hybridized carbons (Fsp3) is 0.259. The van der Waals surface area contributed by atoms with Gasteiger partial charge in [-0.3, -0.25) is 24.2 Å². The van der Waals surface area contributed by atoms with Crippen molar-refractivity contribution < 1.29 is 9.59 Å². The van der Waals surface area contributed by atoms with Crippen LogP contribution in [0.1, 0.15) is 41.7 Å². The third-order valence-corrected chi connectivity index (χ3v) is 5.96. The monoisotopic (exact) mass is 468 g/mol. The molecule has 0 radical (unpaired) electrons. The molecule has 2 heterocycles. The summed E-state index contributed by atoms with van der Waals surface area (Å²) in [5, 5.41) is 10.2. The molecule has 4 aromatic rings. The second kappa shape index (κ2) is 9.97. The first kappa shape index (κ1) is 22.6. The molecule has 1 fully saturated rings. The van der Waals surface area contributed by atoms with E-state index in [9.17, 15) is 9.59 Å². The smallest absolute Gasteiger partial charge is 0.258 e. The number of imidazole rings is 1. The molecule has 2 aromatic carbocycles. The van der Waals surface area contributed by atoms with Gasteiger partial charge in [0, 0.05) is 48.7 Å². The molecule has 0 spiro atoms. The van der Waals surface area contributed by atoms with Crippen molar-refractivity contribution in [2.75, 3.05) is 5.32 Å². The third kappa shape index (κ3) is 5.66. The largest absolute Gasteiger partial charge is 0.353 e. The summed E-state index contributed by atoms with van der Waals surface area (Å²) in [6.07, 6.45) is 9.60. The second-order valence-electron chi connectivity index (χ2n) is 8.89. The highest BCUT2D eigenvalue weighted by Gasteiger charge is 2.23. The third-order valence-electron chi connectivity index (χ3n) is 5.96. The topological polar surface area (TPSA) is 93.8 Å². The average molecular weight is 469 g/mol. The number of rotatable bonds is 9. The molecule has 2 amide bonds. The molecule has 0 saturated heterocycles. The van der Waals surface area contributed by atoms with E-state index in [-0.39, 0.29) is 11.8 Å². The van der Waals surface area contributed by atoms with Crippen LogP contribution in [0.5, 0.6) is 0 Å². The van der Waals surface area contributed by atoms with E-state index < -0.39 is 0 Å². The highest BCUT2D eigenvalue weighted by molar-refractivity contribution is 6.04. The number of aryl methyl sites for hydroxylation is 2. The van der Waals surface area contributed by atoms with Crippen LogP contribution in [-0.2, 0) is 18.3 Å². The Morgan fingerprint density at radius 2 is 1.86 bits per heavy atom. The number of carbonyl (C=O) groups is 2. The van der Waals surface area contributed by atoms with Crippen LogP contribution >= 0.6 is 0 Å². The Bertz CT molecular complexity index is 1340. The number of hydrogen-bond donors (Lipinski definition) is 2. The summed E-state index contributed by atoms with van der Waals surface area (Å²) in [4.78, 5) is 29.9. The molecular formula is C27H28N6O2. The van der Waals surface area contributed by atoms with Gasteiger partial charge in [0.05, 0.1) is 11.9 Å². The molecule has 2 aromatic heterocycles. The van der Waals surface area contributed by atoms with Gasteiger partial charge in [0.2, 0.25) is 11.9 Å². The fourth-order valence-corrected chi connectivity index (χ4v) is 3.96. The first-order valence-electron chi connectivity index (χ1n) is 11.9. The van der Waals surface area contributed by atoms with Gasteiger partial charge < -0.3 is 5.32 Å². The average Bonchev–Trinajstić information content (AvgIpc) is 3.42. The lowest BCUT2D eigenvalue weighted by Gasteiger charge is -2.09. The van der Waals surface area contributed by atoms with Crippen molar-refractivity contribution in [3.05, 3.63) is 84.4 Å². The van der Waals surface area contributed by atoms with Crippen LogP contribution in [0, 0.1) is 0 Å². The molecule has 35 heavy (non-hydrogen) atoms. The molecule has 2 N–H and O–H groups in total. The van der Waals surface area contributed by atoms with Gasteiger partial charge in [0.15, 0.2) is 0 Å². The zero-order chi connectivity index (χ0) is 24.2. The summed E-state index contributed by atoms with van der Waals surface area (Å²) in [6.45, 7) is 0. The molecule has 8 heteroatoms. The predicted molar refractivity (Wildman–Crippen MR) is 134 cm³/mol. The number of hydrogen-bond acceptors (Lipinski definition) is 4. The highest BCUT2D eigenvalue weighted by atomic mass is 16.2. The van der Waals surface area contributed by atoms with Crippen LogP contribution in [0.4, 0.5) is 5.95 Å². The summed E-state index contributed by atoms with van der Waals surface area (Å²) in [7, 11) is 1.86. The summed E-state index contributed by atoms with van der Waals surface area (Å²) in [5.74, 6) is 0.302. The molecule has 0 atom stereocenters. The molecule has 1 aliphatic carbocycles. The van der Waals surface area contributed by atoms with Gasteiger partial charge in [-0.05, 0) is 55.5 Å². The molecule has 1 aliphatic rings. The number of anilines is 1. The van der Waals surface area contributed by atoms with Crippen molar-refractivity contribution >= 4 is 17.8 Å². The van der Waals surface area contributed by atoms with E-state index in [2.05, 4.69) is 15.7 Å². The minimum atomic E-state index is -0.242. The maximum atomic E-state index is 13.2. The molecule has 0 unspecified atom stereocenters. The van der Waals surface area contributed by atoms with Gasteiger partial charge in [0.25, 0.3) is 5.91 Å². The van der Waals surface area contributed by atoms with Gasteiger partial charge >= 0.3 is 0 Å². The minimum Gasteiger partial charge on any atom is -0.353 e. The molecule has 0 bridgehead atoms. The summed E-state index contributed by atoms with van der Waals surface area (Å²) >= 11 is 0. The van der Waals surface area contributed by atoms with E-state index in [1.807, 2.05) is 72.5 Å². The Kier molecular flexibility index (Phi) is 6.43. The predicted octanol–water partition coefficient (Wildman–Crippen LogP) is 4.13. The number of carbonyl (C=O) groups excluding carboxylic acids is 2. The van der Waals surface area contributed by atoms with Crippen molar-refractivity contribution in [2.45, 2.75) is 38.1 Å². The van der Waals surface area contributed by atoms with Crippen molar-refractivity contribution in [3.63, 3.8) is 0 Å². The van der Waals surface area contributed by atoms with Crippen LogP contribution in [0.25, 0.3) is 16.8 Å². The molecule has 5 rings (SSSR count). The number of benzene rings is 2. The first-order valence-corrected chi connectivity index (χ1v) is 11.9. The van der Waals surface area contributed by atoms with Crippen LogP contribution in [0.2, 0.25) is 0 Å². The molecule has 1 saturated carbocycles. The van der Waals surface area contributed by atoms with Crippen molar-refractivity contribution in [2.24, 2.45) is 7.05 Å². The lowest BCUT2D eigenvalue weighted by Crippen LogP contribution is -2.25. The standard InChI is InChI=1S/C27H28N6O2/c1-32-17-21(16-28-32)19-7-5-8-20(15-19)26(35)31-27-30-23(9-6-12-25(34)29-22-13-14-22)18-33(27)24-10-3-2-4-11-24/h2-5,7-8,10-11,15-18,22H,6,9,12-14H2,1H3,(H,29,34)(H,30,31,35). The number of nitrogens with zero attached hydrogens (tertiary/aromatic N) is 4. The van der Waals surface area contributed by atoms with E-state index in [1.54, 1.807) is 16.9 Å². The van der Waals surface area contributed by atoms with E-state index in [1.165, 1.54) is 0 Å². The van der Waals surface area contributed by atoms with Gasteiger partial charge in [-0.2, -0.15) is 5.10 Å². The van der Waals surface area contributed by atoms with Gasteiger partial charge in [-0.1, -0.05) is 30.3 Å². The Hall–Kier alpha value is -4.20. The van der Waals surface area contributed by atoms with Gasteiger partial charge in [-0.15, -0.1) is 0 Å². The van der Waals surface area contributed by atoms with Crippen molar-refractivity contribution in [1.29, 1.82) is 0 Å². The second-order valence-corrected chi connectivity index (χ2v) is 8.89. The first-order chi connectivity index (χ1) is 17.0. The van der Waals surface area contributed by atoms with Crippen LogP contribution < -0.4 is 10.6 Å². The summed E-state index contributed by atoms with van der Waals surface area (Å²) < 4.78 is 3.61. The Balaban J connectivity index is 1.33. The van der Waals surface area contributed by atoms with E-state index >= 15 is 0 Å². The van der Waals surface area contributed by atoms with Crippen molar-refractivity contribution in [1.82, 2.24) is 24.6 Å². The lowest BCUT2D eigenvalue weighted by atomic mass is 10.1. The minimum absolute atomic E-state index is 0.0945. The summed E-state index contributed by atoms with van der Waals surface area (Å²) in [5.41, 5.74) is 4.13. The number of aromatic nitrogens is 4. The number of para-hydroxylation sites is 1. The van der Waals surface area contributed by atoms with E-state index in [4.69, 9.17) is 4.98 Å². The molecule has 0 aliphatic heterocycles. The molecular weight excluding hydrogens is 440 g/mol. The van der Waals surface area contributed by atoms with Crippen LogP contribution in [0.15, 0.2) is 73.2 Å². The summed E-state index contributed by atoms with van der Waals surface area (Å²) in [6, 6.07) is 17.6. The number of amides is 2. The zero-order valence-electron chi connectivity index (χ0n) is 19.6. The van der Waals surface area contributed by atoms with Crippen LogP contribution in [0.3, 0.4) is 0 Å². The van der Waals surface area contributed by atoms with Gasteiger partial charge in [-0.25, -0.2) is 4.98 Å². The highest BCUT2D eigenvalue weighted by Crippen LogP contribution is 2.22. The Morgan fingerprint density at radius 1 is 1.03 bits per heavy atom. The maximum absolute atomic E-state index is 13.2. The number of nitrogens with one attached hydrogen (secondary N) is 2. The lowest BCUT2D eigenvalue weighted by molar-refractivity contribution is -0.121. The normalized spacial score (nSPS) is 12.9. The quantitative estimate of drug-likeness (QED) is 0.386. The fourth-order valence-electron chi connectivity index (χ4n) is 3.96. The Labute approximate surface area is 204 Å². The molecule has 178 valence electrons. The SMILES string of the molecule is Cn1cc(-c2cccc(C(=O)Nc3nc(CCCC(=O)NC4CC4)cn3-c3ccccc3)c2)cn1. The molecule has 8 nitrogen and oxygen atoms in total. The van der Waals surface area contributed by atoms with Gasteiger partial charge in [0.1, 0.15) is 0 Å². The van der Waals surface area contributed by atoms with Crippen LogP contribution in [-0.4, -0.2) is 37.2 Å².